The molecule has 0 aliphatic rings. The molecule has 1 heterocycles. The second-order valence-electron chi connectivity index (χ2n) is 2.41. The largest absolute Gasteiger partial charge is 0.267 e. The Bertz CT molecular complexity index is 390. The van der Waals surface area contributed by atoms with Crippen molar-refractivity contribution in [3.8, 4) is 6.07 Å². The molecule has 6 heteroatoms. The predicted octanol–water partition coefficient (Wildman–Crippen LogP) is 3.39. The van der Waals surface area contributed by atoms with Gasteiger partial charge in [-0.25, -0.2) is 13.8 Å². The molecule has 2 nitrogen and oxygen atoms in total. The van der Waals surface area contributed by atoms with Crippen molar-refractivity contribution in [3.63, 3.8) is 0 Å². The fraction of sp³-hybridized carbons (Fsp3) is 0.250. The van der Waals surface area contributed by atoms with Gasteiger partial charge in [0.05, 0.1) is 17.0 Å². The molecule has 0 aliphatic carbocycles. The molecule has 0 aliphatic heterocycles. The predicted molar refractivity (Wildman–Crippen MR) is 51.2 cm³/mol. The van der Waals surface area contributed by atoms with Crippen LogP contribution in [-0.4, -0.2) is 4.98 Å². The van der Waals surface area contributed by atoms with Crippen LogP contribution in [0.3, 0.4) is 0 Å². The van der Waals surface area contributed by atoms with Gasteiger partial charge in [0.2, 0.25) is 0 Å². The fourth-order valence-corrected chi connectivity index (χ4v) is 1.65. The number of nitriles is 1. The molecule has 0 spiro atoms. The lowest BCUT2D eigenvalue weighted by Crippen LogP contribution is -1.99. The Morgan fingerprint density at radius 2 is 2.29 bits per heavy atom. The average Bonchev–Trinajstić information content (AvgIpc) is 2.16. The van der Waals surface area contributed by atoms with Gasteiger partial charge in [-0.15, -0.1) is 11.6 Å². The van der Waals surface area contributed by atoms with Crippen molar-refractivity contribution in [1.82, 2.24) is 4.98 Å². The average molecular weight is 281 g/mol. The highest BCUT2D eigenvalue weighted by molar-refractivity contribution is 9.10. The normalized spacial score (nSPS) is 10.3. The molecule has 0 amide bonds. The molecule has 74 valence electrons. The van der Waals surface area contributed by atoms with Gasteiger partial charge in [0.15, 0.2) is 0 Å². The Morgan fingerprint density at radius 1 is 1.64 bits per heavy atom. The maximum atomic E-state index is 12.5. The van der Waals surface area contributed by atoms with Gasteiger partial charge in [-0.2, -0.15) is 5.26 Å². The highest BCUT2D eigenvalue weighted by atomic mass is 79.9. The Labute approximate surface area is 92.6 Å². The second kappa shape index (κ2) is 4.67. The van der Waals surface area contributed by atoms with E-state index in [-0.39, 0.29) is 16.0 Å². The van der Waals surface area contributed by atoms with Gasteiger partial charge in [-0.3, -0.25) is 0 Å². The number of nitrogens with zero attached hydrogens (tertiary/aromatic N) is 2. The molecular weight excluding hydrogens is 277 g/mol. The van der Waals surface area contributed by atoms with E-state index in [0.29, 0.717) is 5.56 Å². The Kier molecular flexibility index (Phi) is 3.78. The van der Waals surface area contributed by atoms with E-state index in [4.69, 9.17) is 16.9 Å². The van der Waals surface area contributed by atoms with E-state index in [2.05, 4.69) is 20.9 Å². The minimum Gasteiger partial charge on any atom is -0.248 e. The zero-order valence-corrected chi connectivity index (χ0v) is 9.11. The molecule has 0 fully saturated rings. The molecule has 1 aromatic rings. The minimum absolute atomic E-state index is 0.0110. The van der Waals surface area contributed by atoms with Gasteiger partial charge in [-0.1, -0.05) is 0 Å². The summed E-state index contributed by atoms with van der Waals surface area (Å²) in [5.41, 5.74) is -0.185. The van der Waals surface area contributed by atoms with E-state index in [1.54, 1.807) is 6.07 Å². The van der Waals surface area contributed by atoms with Crippen LogP contribution in [-0.2, 0) is 5.88 Å². The van der Waals surface area contributed by atoms with E-state index in [0.717, 1.165) is 0 Å². The SMILES string of the molecule is N#Cc1c(CCl)cnc(Br)c1C(F)F. The van der Waals surface area contributed by atoms with Crippen molar-refractivity contribution in [3.05, 3.63) is 27.5 Å². The molecular formula is C8H4BrClF2N2. The van der Waals surface area contributed by atoms with Gasteiger partial charge >= 0.3 is 0 Å². The molecule has 1 rings (SSSR count). The van der Waals surface area contributed by atoms with Crippen molar-refractivity contribution in [1.29, 1.82) is 5.26 Å². The highest BCUT2D eigenvalue weighted by Crippen LogP contribution is 2.30. The molecule has 14 heavy (non-hydrogen) atoms. The van der Waals surface area contributed by atoms with E-state index in [1.807, 2.05) is 0 Å². The lowest BCUT2D eigenvalue weighted by Gasteiger charge is -2.07. The quantitative estimate of drug-likeness (QED) is 0.615. The maximum absolute atomic E-state index is 12.5. The first-order valence-electron chi connectivity index (χ1n) is 3.53. The van der Waals surface area contributed by atoms with Crippen LogP contribution in [0, 0.1) is 11.3 Å². The van der Waals surface area contributed by atoms with Crippen LogP contribution in [0.5, 0.6) is 0 Å². The zero-order valence-electron chi connectivity index (χ0n) is 6.77. The number of halogens is 4. The summed E-state index contributed by atoms with van der Waals surface area (Å²) in [5, 5.41) is 8.71. The Morgan fingerprint density at radius 3 is 2.71 bits per heavy atom. The van der Waals surface area contributed by atoms with Crippen LogP contribution >= 0.6 is 27.5 Å². The van der Waals surface area contributed by atoms with Crippen LogP contribution in [0.25, 0.3) is 0 Å². The van der Waals surface area contributed by atoms with Crippen LogP contribution in [0.2, 0.25) is 0 Å². The number of alkyl halides is 3. The number of hydrogen-bond donors (Lipinski definition) is 0. The molecule has 0 aromatic carbocycles. The Hall–Kier alpha value is -0.730. The molecule has 1 aromatic heterocycles. The molecule has 0 N–H and O–H groups in total. The lowest BCUT2D eigenvalue weighted by atomic mass is 10.1. The maximum Gasteiger partial charge on any atom is 0.267 e. The van der Waals surface area contributed by atoms with Crippen LogP contribution < -0.4 is 0 Å². The van der Waals surface area contributed by atoms with Crippen molar-refractivity contribution >= 4 is 27.5 Å². The van der Waals surface area contributed by atoms with Crippen LogP contribution in [0.15, 0.2) is 10.8 Å². The summed E-state index contributed by atoms with van der Waals surface area (Å²) in [4.78, 5) is 3.68. The summed E-state index contributed by atoms with van der Waals surface area (Å²) < 4.78 is 25.0. The number of aromatic nitrogens is 1. The van der Waals surface area contributed by atoms with Crippen LogP contribution in [0.4, 0.5) is 8.78 Å². The van der Waals surface area contributed by atoms with E-state index < -0.39 is 12.0 Å². The number of hydrogen-bond acceptors (Lipinski definition) is 2. The zero-order chi connectivity index (χ0) is 10.7. The topological polar surface area (TPSA) is 36.7 Å². The molecule has 0 saturated heterocycles. The summed E-state index contributed by atoms with van der Waals surface area (Å²) in [6.45, 7) is 0. The summed E-state index contributed by atoms with van der Waals surface area (Å²) in [7, 11) is 0. The third-order valence-electron chi connectivity index (χ3n) is 1.62. The van der Waals surface area contributed by atoms with Crippen molar-refractivity contribution in [2.45, 2.75) is 12.3 Å². The third-order valence-corrected chi connectivity index (χ3v) is 2.54. The minimum atomic E-state index is -2.74. The van der Waals surface area contributed by atoms with E-state index >= 15 is 0 Å². The number of rotatable bonds is 2. The first-order valence-corrected chi connectivity index (χ1v) is 4.86. The Balaban J connectivity index is 3.45. The lowest BCUT2D eigenvalue weighted by molar-refractivity contribution is 0.149. The van der Waals surface area contributed by atoms with Gasteiger partial charge in [-0.05, 0) is 15.9 Å². The second-order valence-corrected chi connectivity index (χ2v) is 3.43. The summed E-state index contributed by atoms with van der Waals surface area (Å²) in [5.74, 6) is -0.0110. The standard InChI is InChI=1S/C8H4BrClF2N2/c9-7-6(8(11)12)5(2-13)4(1-10)3-14-7/h3,8H,1H2. The van der Waals surface area contributed by atoms with Crippen molar-refractivity contribution in [2.75, 3.05) is 0 Å². The monoisotopic (exact) mass is 280 g/mol. The first kappa shape index (κ1) is 11.3. The fourth-order valence-electron chi connectivity index (χ4n) is 0.977. The molecule has 0 radical (unpaired) electrons. The van der Waals surface area contributed by atoms with Crippen LogP contribution in [0.1, 0.15) is 23.1 Å². The third kappa shape index (κ3) is 2.02. The molecule has 0 atom stereocenters. The smallest absolute Gasteiger partial charge is 0.248 e. The van der Waals surface area contributed by atoms with Crippen molar-refractivity contribution < 1.29 is 8.78 Å². The van der Waals surface area contributed by atoms with Gasteiger partial charge in [0.25, 0.3) is 6.43 Å². The van der Waals surface area contributed by atoms with Crippen molar-refractivity contribution in [2.24, 2.45) is 0 Å². The van der Waals surface area contributed by atoms with Gasteiger partial charge in [0.1, 0.15) is 10.7 Å². The molecule has 0 saturated carbocycles. The van der Waals surface area contributed by atoms with E-state index in [9.17, 15) is 8.78 Å². The summed E-state index contributed by atoms with van der Waals surface area (Å²) in [6.07, 6.45) is -1.43. The van der Waals surface area contributed by atoms with E-state index in [1.165, 1.54) is 6.20 Å². The molecule has 0 bridgehead atoms. The molecule has 0 unspecified atom stereocenters. The highest BCUT2D eigenvalue weighted by Gasteiger charge is 2.20. The summed E-state index contributed by atoms with van der Waals surface area (Å²) >= 11 is 8.36. The first-order chi connectivity index (χ1) is 6.61. The van der Waals surface area contributed by atoms with Gasteiger partial charge < -0.3 is 0 Å². The number of pyridine rings is 1. The summed E-state index contributed by atoms with van der Waals surface area (Å²) in [6, 6.07) is 1.70. The van der Waals surface area contributed by atoms with Gasteiger partial charge in [0, 0.05) is 11.8 Å².